The summed E-state index contributed by atoms with van der Waals surface area (Å²) in [4.78, 5) is 3.76. The summed E-state index contributed by atoms with van der Waals surface area (Å²) in [6.07, 6.45) is 7.04. The standard InChI is InChI=1S/C14H35NO2Si3/c1-18(2,3)16-20(6,7)17-19(4,5)15-13-14-11-9-8-10-12-14/h14-15H,8-13H2,1-7H3. The Morgan fingerprint density at radius 1 is 0.850 bits per heavy atom. The molecule has 0 bridgehead atoms. The van der Waals surface area contributed by atoms with Gasteiger partial charge in [-0.1, -0.05) is 19.3 Å². The van der Waals surface area contributed by atoms with Crippen molar-refractivity contribution in [1.29, 1.82) is 0 Å². The predicted octanol–water partition coefficient (Wildman–Crippen LogP) is 4.43. The second kappa shape index (κ2) is 7.19. The van der Waals surface area contributed by atoms with Gasteiger partial charge in [-0.2, -0.15) is 0 Å². The molecule has 1 aliphatic carbocycles. The number of hydrogen-bond donors (Lipinski definition) is 1. The average molecular weight is 334 g/mol. The maximum Gasteiger partial charge on any atom is 0.312 e. The van der Waals surface area contributed by atoms with Crippen molar-refractivity contribution in [1.82, 2.24) is 4.98 Å². The van der Waals surface area contributed by atoms with Crippen LogP contribution in [0.25, 0.3) is 0 Å². The lowest BCUT2D eigenvalue weighted by molar-refractivity contribution is 0.342. The Hall–Kier alpha value is 0.531. The van der Waals surface area contributed by atoms with Crippen molar-refractivity contribution in [2.24, 2.45) is 5.92 Å². The molecule has 20 heavy (non-hydrogen) atoms. The highest BCUT2D eigenvalue weighted by molar-refractivity contribution is 6.86. The van der Waals surface area contributed by atoms with Gasteiger partial charge in [-0.25, -0.2) is 0 Å². The SMILES string of the molecule is C[Si](C)(C)O[Si](C)(C)O[Si](C)(C)NCC1CCCCC1. The fourth-order valence-electron chi connectivity index (χ4n) is 3.19. The second-order valence-corrected chi connectivity index (χ2v) is 20.1. The third-order valence-corrected chi connectivity index (χ3v) is 13.1. The minimum Gasteiger partial charge on any atom is -0.437 e. The molecule has 0 aromatic carbocycles. The normalized spacial score (nSPS) is 19.4. The highest BCUT2D eigenvalue weighted by Crippen LogP contribution is 2.24. The van der Waals surface area contributed by atoms with Gasteiger partial charge < -0.3 is 13.2 Å². The van der Waals surface area contributed by atoms with E-state index in [0.29, 0.717) is 0 Å². The van der Waals surface area contributed by atoms with Crippen molar-refractivity contribution in [2.45, 2.75) is 77.9 Å². The topological polar surface area (TPSA) is 30.5 Å². The summed E-state index contributed by atoms with van der Waals surface area (Å²) >= 11 is 0. The van der Waals surface area contributed by atoms with E-state index in [1.165, 1.54) is 32.1 Å². The number of nitrogens with one attached hydrogen (secondary N) is 1. The molecule has 1 aliphatic rings. The van der Waals surface area contributed by atoms with Crippen LogP contribution in [0.15, 0.2) is 0 Å². The molecule has 0 aromatic rings. The molecular formula is C14H35NO2Si3. The van der Waals surface area contributed by atoms with Crippen molar-refractivity contribution in [3.63, 3.8) is 0 Å². The maximum atomic E-state index is 6.47. The van der Waals surface area contributed by atoms with Gasteiger partial charge in [0.05, 0.1) is 0 Å². The first kappa shape index (κ1) is 18.6. The molecule has 120 valence electrons. The van der Waals surface area contributed by atoms with Crippen molar-refractivity contribution in [3.8, 4) is 0 Å². The lowest BCUT2D eigenvalue weighted by Crippen LogP contribution is -2.58. The van der Waals surface area contributed by atoms with E-state index in [1.807, 2.05) is 0 Å². The van der Waals surface area contributed by atoms with E-state index in [-0.39, 0.29) is 0 Å². The third kappa shape index (κ3) is 8.09. The molecule has 1 fully saturated rings. The Labute approximate surface area is 129 Å². The van der Waals surface area contributed by atoms with Crippen molar-refractivity contribution in [2.75, 3.05) is 6.54 Å². The minimum atomic E-state index is -2.00. The van der Waals surface area contributed by atoms with Crippen LogP contribution in [0.3, 0.4) is 0 Å². The summed E-state index contributed by atoms with van der Waals surface area (Å²) in [6, 6.07) is 0. The molecule has 0 saturated heterocycles. The van der Waals surface area contributed by atoms with E-state index >= 15 is 0 Å². The van der Waals surface area contributed by atoms with Gasteiger partial charge in [-0.15, -0.1) is 0 Å². The summed E-state index contributed by atoms with van der Waals surface area (Å²) in [6.45, 7) is 16.8. The van der Waals surface area contributed by atoms with Crippen LogP contribution in [0.2, 0.25) is 45.8 Å². The zero-order chi connectivity index (χ0) is 15.4. The van der Waals surface area contributed by atoms with E-state index in [9.17, 15) is 0 Å². The molecule has 1 rings (SSSR count). The third-order valence-electron chi connectivity index (χ3n) is 3.59. The molecule has 3 nitrogen and oxygen atoms in total. The molecule has 0 aliphatic heterocycles. The molecule has 0 unspecified atom stereocenters. The molecule has 1 saturated carbocycles. The first-order chi connectivity index (χ1) is 8.99. The van der Waals surface area contributed by atoms with E-state index in [4.69, 9.17) is 8.23 Å². The van der Waals surface area contributed by atoms with Gasteiger partial charge in [0.25, 0.3) is 8.48 Å². The Kier molecular flexibility index (Phi) is 6.68. The maximum absolute atomic E-state index is 6.47. The largest absolute Gasteiger partial charge is 0.437 e. The molecule has 0 aromatic heterocycles. The Morgan fingerprint density at radius 2 is 1.40 bits per heavy atom. The van der Waals surface area contributed by atoms with Gasteiger partial charge in [-0.05, 0) is 71.1 Å². The second-order valence-electron chi connectivity index (χ2n) is 8.11. The number of hydrogen-bond acceptors (Lipinski definition) is 3. The molecular weight excluding hydrogens is 298 g/mol. The summed E-state index contributed by atoms with van der Waals surface area (Å²) < 4.78 is 12.8. The Bertz CT molecular complexity index is 297. The molecule has 0 heterocycles. The molecule has 0 atom stereocenters. The smallest absolute Gasteiger partial charge is 0.312 e. The lowest BCUT2D eigenvalue weighted by atomic mass is 9.90. The van der Waals surface area contributed by atoms with Gasteiger partial charge in [0.15, 0.2) is 8.32 Å². The van der Waals surface area contributed by atoms with Crippen molar-refractivity contribution in [3.05, 3.63) is 0 Å². The van der Waals surface area contributed by atoms with E-state index in [2.05, 4.69) is 50.8 Å². The molecule has 0 radical (unpaired) electrons. The van der Waals surface area contributed by atoms with Crippen LogP contribution >= 0.6 is 0 Å². The minimum absolute atomic E-state index is 0.863. The van der Waals surface area contributed by atoms with Crippen LogP contribution in [-0.2, 0) is 8.23 Å². The van der Waals surface area contributed by atoms with E-state index < -0.39 is 25.4 Å². The Morgan fingerprint density at radius 3 is 1.90 bits per heavy atom. The van der Waals surface area contributed by atoms with Gasteiger partial charge >= 0.3 is 8.56 Å². The Balaban J connectivity index is 2.42. The van der Waals surface area contributed by atoms with E-state index in [0.717, 1.165) is 12.5 Å². The summed E-state index contributed by atoms with van der Waals surface area (Å²) in [7, 11) is -5.33. The first-order valence-corrected chi connectivity index (χ1v) is 17.3. The first-order valence-electron chi connectivity index (χ1n) is 8.14. The summed E-state index contributed by atoms with van der Waals surface area (Å²) in [5.41, 5.74) is 0. The lowest BCUT2D eigenvalue weighted by Gasteiger charge is -2.38. The highest BCUT2D eigenvalue weighted by atomic mass is 28.5. The molecule has 0 amide bonds. The predicted molar refractivity (Wildman–Crippen MR) is 95.1 cm³/mol. The monoisotopic (exact) mass is 333 g/mol. The molecule has 6 heteroatoms. The summed E-state index contributed by atoms with van der Waals surface area (Å²) in [5, 5.41) is 0. The van der Waals surface area contributed by atoms with Crippen molar-refractivity contribution >= 4 is 25.4 Å². The fraction of sp³-hybridized carbons (Fsp3) is 1.00. The molecule has 1 N–H and O–H groups in total. The van der Waals surface area contributed by atoms with Gasteiger partial charge in [0, 0.05) is 0 Å². The van der Waals surface area contributed by atoms with E-state index in [1.54, 1.807) is 0 Å². The zero-order valence-electron chi connectivity index (χ0n) is 14.6. The van der Waals surface area contributed by atoms with Crippen LogP contribution in [-0.4, -0.2) is 31.9 Å². The van der Waals surface area contributed by atoms with Gasteiger partial charge in [0.1, 0.15) is 0 Å². The highest BCUT2D eigenvalue weighted by Gasteiger charge is 2.38. The van der Waals surface area contributed by atoms with Gasteiger partial charge in [0.2, 0.25) is 0 Å². The zero-order valence-corrected chi connectivity index (χ0v) is 17.6. The quantitative estimate of drug-likeness (QED) is 0.699. The number of rotatable bonds is 7. The van der Waals surface area contributed by atoms with Crippen LogP contribution in [0.1, 0.15) is 32.1 Å². The fourth-order valence-corrected chi connectivity index (χ4v) is 15.6. The van der Waals surface area contributed by atoms with Crippen molar-refractivity contribution < 1.29 is 8.23 Å². The van der Waals surface area contributed by atoms with Crippen LogP contribution < -0.4 is 4.98 Å². The average Bonchev–Trinajstić information content (AvgIpc) is 2.23. The van der Waals surface area contributed by atoms with Crippen LogP contribution in [0.5, 0.6) is 0 Å². The molecule has 0 spiro atoms. The van der Waals surface area contributed by atoms with Crippen LogP contribution in [0, 0.1) is 5.92 Å². The van der Waals surface area contributed by atoms with Crippen LogP contribution in [0.4, 0.5) is 0 Å². The summed E-state index contributed by atoms with van der Waals surface area (Å²) in [5.74, 6) is 0.863. The van der Waals surface area contributed by atoms with Gasteiger partial charge in [-0.3, -0.25) is 0 Å².